The van der Waals surface area contributed by atoms with Gasteiger partial charge in [-0.1, -0.05) is 12.1 Å². The molecule has 0 atom stereocenters. The summed E-state index contributed by atoms with van der Waals surface area (Å²) in [6, 6.07) is 9.56. The molecule has 1 rings (SSSR count). The Balaban J connectivity index is 2.37. The number of hydrogen-bond donors (Lipinski definition) is 0. The maximum atomic E-state index is 8.48. The molecule has 0 N–H and O–H groups in total. The quantitative estimate of drug-likeness (QED) is 0.540. The van der Waals surface area contributed by atoms with Crippen LogP contribution in [0.2, 0.25) is 0 Å². The minimum atomic E-state index is 0.429. The summed E-state index contributed by atoms with van der Waals surface area (Å²) in [5.74, 6) is 0.793. The molecule has 0 aliphatic heterocycles. The number of rotatable bonds is 5. The highest BCUT2D eigenvalue weighted by Crippen LogP contribution is 2.12. The molecule has 1 aromatic rings. The van der Waals surface area contributed by atoms with Crippen molar-refractivity contribution in [3.8, 4) is 11.8 Å². The Morgan fingerprint density at radius 3 is 2.67 bits per heavy atom. The summed E-state index contributed by atoms with van der Waals surface area (Å²) in [6.07, 6.45) is 1.18. The lowest BCUT2D eigenvalue weighted by atomic mass is 10.2. The zero-order chi connectivity index (χ0) is 10.9. The second-order valence-electron chi connectivity index (χ2n) is 3.06. The van der Waals surface area contributed by atoms with Gasteiger partial charge in [0.15, 0.2) is 0 Å². The van der Waals surface area contributed by atoms with Gasteiger partial charge < -0.3 is 9.58 Å². The molecule has 0 heterocycles. The van der Waals surface area contributed by atoms with Crippen LogP contribution in [-0.2, 0) is 6.42 Å². The average Bonchev–Trinajstić information content (AvgIpc) is 2.27. The highest BCUT2D eigenvalue weighted by atomic mass is 16.5. The lowest BCUT2D eigenvalue weighted by Crippen LogP contribution is -1.98. The molecule has 0 aliphatic carbocycles. The monoisotopic (exact) mass is 200 g/mol. The molecule has 0 radical (unpaired) electrons. The van der Waals surface area contributed by atoms with Crippen LogP contribution in [0.3, 0.4) is 0 Å². The van der Waals surface area contributed by atoms with Crippen LogP contribution in [0.15, 0.2) is 24.3 Å². The molecule has 0 saturated carbocycles. The molecule has 0 bridgehead atoms. The third-order valence-electron chi connectivity index (χ3n) is 1.89. The highest BCUT2D eigenvalue weighted by Gasteiger charge is 1.95. The molecule has 0 amide bonds. The van der Waals surface area contributed by atoms with E-state index in [2.05, 4.69) is 10.9 Å². The van der Waals surface area contributed by atoms with E-state index in [0.717, 1.165) is 17.7 Å². The molecule has 0 saturated heterocycles. The Hall–Kier alpha value is -2.00. The van der Waals surface area contributed by atoms with Crippen LogP contribution in [-0.4, -0.2) is 13.2 Å². The SMILES string of the molecule is [C-]#[N+]CCCOc1ccc(CC#N)cc1. The van der Waals surface area contributed by atoms with Crippen molar-refractivity contribution in [3.05, 3.63) is 41.2 Å². The minimum Gasteiger partial charge on any atom is -0.493 e. The number of hydrogen-bond acceptors (Lipinski definition) is 2. The van der Waals surface area contributed by atoms with Crippen molar-refractivity contribution in [2.24, 2.45) is 0 Å². The van der Waals surface area contributed by atoms with Crippen molar-refractivity contribution in [2.75, 3.05) is 13.2 Å². The van der Waals surface area contributed by atoms with Crippen molar-refractivity contribution in [2.45, 2.75) is 12.8 Å². The van der Waals surface area contributed by atoms with Gasteiger partial charge in [0.05, 0.1) is 25.5 Å². The Morgan fingerprint density at radius 1 is 1.33 bits per heavy atom. The molecule has 0 aliphatic rings. The van der Waals surface area contributed by atoms with Gasteiger partial charge in [-0.25, -0.2) is 6.57 Å². The van der Waals surface area contributed by atoms with E-state index >= 15 is 0 Å². The Morgan fingerprint density at radius 2 is 2.07 bits per heavy atom. The van der Waals surface area contributed by atoms with Crippen molar-refractivity contribution < 1.29 is 4.74 Å². The first-order valence-corrected chi connectivity index (χ1v) is 4.78. The fourth-order valence-electron chi connectivity index (χ4n) is 1.13. The van der Waals surface area contributed by atoms with Crippen molar-refractivity contribution >= 4 is 0 Å². The number of nitriles is 1. The van der Waals surface area contributed by atoms with Crippen molar-refractivity contribution in [1.29, 1.82) is 5.26 Å². The first-order chi connectivity index (χ1) is 7.36. The summed E-state index contributed by atoms with van der Waals surface area (Å²) in [6.45, 7) is 7.67. The fraction of sp³-hybridized carbons (Fsp3) is 0.333. The van der Waals surface area contributed by atoms with E-state index in [1.165, 1.54) is 0 Å². The molecule has 0 aromatic heterocycles. The molecular formula is C12H12N2O. The van der Waals surface area contributed by atoms with E-state index in [4.69, 9.17) is 16.6 Å². The summed E-state index contributed by atoms with van der Waals surface area (Å²) in [4.78, 5) is 3.24. The first kappa shape index (κ1) is 11.1. The summed E-state index contributed by atoms with van der Waals surface area (Å²) in [7, 11) is 0. The molecule has 3 heteroatoms. The van der Waals surface area contributed by atoms with Gasteiger partial charge in [-0.2, -0.15) is 5.26 Å². The van der Waals surface area contributed by atoms with Crippen LogP contribution in [0.5, 0.6) is 5.75 Å². The van der Waals surface area contributed by atoms with Crippen LogP contribution in [0, 0.1) is 17.9 Å². The van der Waals surface area contributed by atoms with Crippen LogP contribution in [0.1, 0.15) is 12.0 Å². The lowest BCUT2D eigenvalue weighted by molar-refractivity contribution is 0.316. The van der Waals surface area contributed by atoms with Crippen LogP contribution in [0.4, 0.5) is 0 Å². The van der Waals surface area contributed by atoms with Crippen LogP contribution in [0.25, 0.3) is 4.85 Å². The van der Waals surface area contributed by atoms with E-state index in [0.29, 0.717) is 19.6 Å². The highest BCUT2D eigenvalue weighted by molar-refractivity contribution is 5.28. The molecule has 15 heavy (non-hydrogen) atoms. The Bertz CT molecular complexity index is 370. The van der Waals surface area contributed by atoms with E-state index in [-0.39, 0.29) is 0 Å². The number of benzene rings is 1. The Kier molecular flexibility index (Phi) is 4.77. The van der Waals surface area contributed by atoms with E-state index in [1.54, 1.807) is 0 Å². The second kappa shape index (κ2) is 6.45. The maximum Gasteiger partial charge on any atom is 0.217 e. The molecule has 0 unspecified atom stereocenters. The average molecular weight is 200 g/mol. The fourth-order valence-corrected chi connectivity index (χ4v) is 1.13. The van der Waals surface area contributed by atoms with Gasteiger partial charge >= 0.3 is 0 Å². The summed E-state index contributed by atoms with van der Waals surface area (Å²) >= 11 is 0. The molecule has 0 fully saturated rings. The van der Waals surface area contributed by atoms with Crippen LogP contribution < -0.4 is 4.74 Å². The first-order valence-electron chi connectivity index (χ1n) is 4.78. The van der Waals surface area contributed by atoms with Gasteiger partial charge in [0.1, 0.15) is 5.75 Å². The largest absolute Gasteiger partial charge is 0.493 e. The van der Waals surface area contributed by atoms with Crippen molar-refractivity contribution in [1.82, 2.24) is 0 Å². The van der Waals surface area contributed by atoms with Gasteiger partial charge in [-0.15, -0.1) is 0 Å². The predicted molar refractivity (Wildman–Crippen MR) is 57.3 cm³/mol. The summed E-state index contributed by atoms with van der Waals surface area (Å²) < 4.78 is 5.41. The van der Waals surface area contributed by atoms with E-state index in [9.17, 15) is 0 Å². The van der Waals surface area contributed by atoms with Gasteiger partial charge in [0, 0.05) is 0 Å². The molecule has 0 spiro atoms. The van der Waals surface area contributed by atoms with Crippen LogP contribution >= 0.6 is 0 Å². The molecular weight excluding hydrogens is 188 g/mol. The summed E-state index contributed by atoms with van der Waals surface area (Å²) in [5, 5.41) is 8.48. The predicted octanol–water partition coefficient (Wildman–Crippen LogP) is 2.44. The van der Waals surface area contributed by atoms with Gasteiger partial charge in [0.25, 0.3) is 0 Å². The minimum absolute atomic E-state index is 0.429. The standard InChI is InChI=1S/C12H12N2O/c1-14-9-2-10-15-12-5-3-11(4-6-12)7-8-13/h3-6H,2,7,9-10H2. The molecule has 76 valence electrons. The van der Waals surface area contributed by atoms with Gasteiger partial charge in [0.2, 0.25) is 6.54 Å². The molecule has 3 nitrogen and oxygen atoms in total. The second-order valence-corrected chi connectivity index (χ2v) is 3.06. The number of nitrogens with zero attached hydrogens (tertiary/aromatic N) is 2. The number of ether oxygens (including phenoxy) is 1. The third-order valence-corrected chi connectivity index (χ3v) is 1.89. The smallest absolute Gasteiger partial charge is 0.217 e. The van der Waals surface area contributed by atoms with Gasteiger partial charge in [-0.3, -0.25) is 0 Å². The van der Waals surface area contributed by atoms with Gasteiger partial charge in [-0.05, 0) is 17.7 Å². The maximum absolute atomic E-state index is 8.48. The zero-order valence-electron chi connectivity index (χ0n) is 8.44. The topological polar surface area (TPSA) is 37.4 Å². The lowest BCUT2D eigenvalue weighted by Gasteiger charge is -2.04. The summed E-state index contributed by atoms with van der Waals surface area (Å²) in [5.41, 5.74) is 0.992. The normalized spacial score (nSPS) is 8.93. The van der Waals surface area contributed by atoms with E-state index < -0.39 is 0 Å². The van der Waals surface area contributed by atoms with E-state index in [1.807, 2.05) is 24.3 Å². The van der Waals surface area contributed by atoms with Crippen molar-refractivity contribution in [3.63, 3.8) is 0 Å². The Labute approximate surface area is 89.7 Å². The third kappa shape index (κ3) is 4.15. The molecule has 1 aromatic carbocycles. The zero-order valence-corrected chi connectivity index (χ0v) is 8.44.